The van der Waals surface area contributed by atoms with Crippen LogP contribution in [0.1, 0.15) is 117 Å². The number of carbonyl (C=O) groups is 2. The van der Waals surface area contributed by atoms with Gasteiger partial charge in [0, 0.05) is 12.8 Å². The van der Waals surface area contributed by atoms with E-state index in [0.29, 0.717) is 12.8 Å². The highest BCUT2D eigenvalue weighted by molar-refractivity contribution is 5.70. The van der Waals surface area contributed by atoms with Crippen LogP contribution in [0.4, 0.5) is 0 Å². The molecule has 0 fully saturated rings. The van der Waals surface area contributed by atoms with Gasteiger partial charge in [0.1, 0.15) is 6.61 Å². The van der Waals surface area contributed by atoms with E-state index >= 15 is 0 Å². The van der Waals surface area contributed by atoms with Gasteiger partial charge in [-0.2, -0.15) is 0 Å². The van der Waals surface area contributed by atoms with E-state index in [1.807, 2.05) is 0 Å². The minimum atomic E-state index is -0.801. The molecule has 0 bridgehead atoms. The SMILES string of the molecule is CC/C=C\C/C=C\C/C=C\C/C=C\C/C=C\C/C=C\C/C=C\CCCC(=O)OC(CO)COC(=O)CCCCCCC. The second-order valence-electron chi connectivity index (χ2n) is 10.2. The number of aliphatic hydroxyl groups excluding tert-OH is 1. The number of unbranched alkanes of at least 4 members (excludes halogenated alkanes) is 5. The quantitative estimate of drug-likeness (QED) is 0.0593. The molecule has 5 heteroatoms. The van der Waals surface area contributed by atoms with E-state index in [1.54, 1.807) is 0 Å². The van der Waals surface area contributed by atoms with Gasteiger partial charge in [0.2, 0.25) is 0 Å². The normalized spacial score (nSPS) is 13.3. The van der Waals surface area contributed by atoms with Crippen LogP contribution in [0, 0.1) is 0 Å². The summed E-state index contributed by atoms with van der Waals surface area (Å²) in [5.74, 6) is -0.687. The van der Waals surface area contributed by atoms with Gasteiger partial charge in [-0.05, 0) is 64.2 Å². The molecule has 0 heterocycles. The molecule has 0 radical (unpaired) electrons. The van der Waals surface area contributed by atoms with Gasteiger partial charge in [0.25, 0.3) is 0 Å². The smallest absolute Gasteiger partial charge is 0.306 e. The molecule has 0 spiro atoms. The topological polar surface area (TPSA) is 72.8 Å². The molecule has 0 aromatic carbocycles. The van der Waals surface area contributed by atoms with Crippen LogP contribution in [-0.2, 0) is 19.1 Å². The summed E-state index contributed by atoms with van der Waals surface area (Å²) in [7, 11) is 0. The molecule has 42 heavy (non-hydrogen) atoms. The van der Waals surface area contributed by atoms with Crippen LogP contribution in [0.25, 0.3) is 0 Å². The predicted molar refractivity (Wildman–Crippen MR) is 177 cm³/mol. The zero-order chi connectivity index (χ0) is 30.8. The van der Waals surface area contributed by atoms with E-state index in [4.69, 9.17) is 9.47 Å². The monoisotopic (exact) mass is 582 g/mol. The van der Waals surface area contributed by atoms with Crippen molar-refractivity contribution in [1.29, 1.82) is 0 Å². The molecule has 0 aliphatic rings. The number of ether oxygens (including phenoxy) is 2. The minimum absolute atomic E-state index is 0.0953. The maximum absolute atomic E-state index is 12.0. The first kappa shape index (κ1) is 39.1. The molecule has 0 rings (SSSR count). The average molecular weight is 583 g/mol. The van der Waals surface area contributed by atoms with E-state index in [-0.39, 0.29) is 31.6 Å². The Labute approximate surface area is 256 Å². The molecule has 1 atom stereocenters. The van der Waals surface area contributed by atoms with Gasteiger partial charge in [-0.15, -0.1) is 0 Å². The molecule has 0 saturated carbocycles. The van der Waals surface area contributed by atoms with Crippen molar-refractivity contribution in [2.45, 2.75) is 123 Å². The summed E-state index contributed by atoms with van der Waals surface area (Å²) in [5.41, 5.74) is 0. The lowest BCUT2D eigenvalue weighted by atomic mass is 10.1. The second kappa shape index (κ2) is 32.6. The van der Waals surface area contributed by atoms with Crippen LogP contribution < -0.4 is 0 Å². The Morgan fingerprint density at radius 3 is 1.50 bits per heavy atom. The second-order valence-corrected chi connectivity index (χ2v) is 10.2. The first-order valence-corrected chi connectivity index (χ1v) is 16.1. The first-order chi connectivity index (χ1) is 20.6. The number of hydrogen-bond donors (Lipinski definition) is 1. The molecular weight excluding hydrogens is 524 g/mol. The minimum Gasteiger partial charge on any atom is -0.462 e. The zero-order valence-corrected chi connectivity index (χ0v) is 26.5. The third-order valence-corrected chi connectivity index (χ3v) is 6.20. The molecule has 1 N–H and O–H groups in total. The van der Waals surface area contributed by atoms with Crippen LogP contribution in [-0.4, -0.2) is 36.4 Å². The fourth-order valence-corrected chi connectivity index (χ4v) is 3.77. The Kier molecular flexibility index (Phi) is 30.3. The lowest BCUT2D eigenvalue weighted by Gasteiger charge is -2.15. The van der Waals surface area contributed by atoms with Gasteiger partial charge in [-0.25, -0.2) is 0 Å². The molecule has 5 nitrogen and oxygen atoms in total. The zero-order valence-electron chi connectivity index (χ0n) is 26.5. The summed E-state index contributed by atoms with van der Waals surface area (Å²) in [6.45, 7) is 3.84. The van der Waals surface area contributed by atoms with Crippen molar-refractivity contribution in [3.63, 3.8) is 0 Å². The molecule has 0 aromatic rings. The van der Waals surface area contributed by atoms with Gasteiger partial charge in [-0.1, -0.05) is 125 Å². The average Bonchev–Trinajstić information content (AvgIpc) is 2.99. The lowest BCUT2D eigenvalue weighted by Crippen LogP contribution is -2.28. The first-order valence-electron chi connectivity index (χ1n) is 16.1. The van der Waals surface area contributed by atoms with E-state index in [9.17, 15) is 14.7 Å². The summed E-state index contributed by atoms with van der Waals surface area (Å²) in [4.78, 5) is 23.8. The van der Waals surface area contributed by atoms with Gasteiger partial charge < -0.3 is 14.6 Å². The van der Waals surface area contributed by atoms with E-state index in [2.05, 4.69) is 98.9 Å². The van der Waals surface area contributed by atoms with Crippen molar-refractivity contribution in [3.05, 3.63) is 85.1 Å². The maximum Gasteiger partial charge on any atom is 0.306 e. The fraction of sp³-hybridized carbons (Fsp3) is 0.568. The van der Waals surface area contributed by atoms with Gasteiger partial charge in [-0.3, -0.25) is 9.59 Å². The molecule has 0 amide bonds. The summed E-state index contributed by atoms with van der Waals surface area (Å²) in [5, 5.41) is 9.42. The number of hydrogen-bond acceptors (Lipinski definition) is 5. The van der Waals surface area contributed by atoms with Crippen LogP contribution in [0.5, 0.6) is 0 Å². The number of rotatable bonds is 27. The Morgan fingerprint density at radius 1 is 0.571 bits per heavy atom. The third kappa shape index (κ3) is 30.0. The van der Waals surface area contributed by atoms with Crippen molar-refractivity contribution < 1.29 is 24.2 Å². The molecule has 1 unspecified atom stereocenters. The lowest BCUT2D eigenvalue weighted by molar-refractivity contribution is -0.161. The van der Waals surface area contributed by atoms with Gasteiger partial charge in [0.15, 0.2) is 6.10 Å². The standard InChI is InChI=1S/C37H58O5/c1-3-5-7-9-10-11-12-13-14-15-16-17-18-19-20-21-22-23-24-25-26-28-30-32-37(40)42-35(33-38)34-41-36(39)31-29-27-8-6-4-2/h5,7,10-11,13-14,16-17,19-20,22-23,25-26,35,38H,3-4,6,8-9,12,15,18,21,24,27-34H2,1-2H3/b7-5-,11-10-,14-13-,17-16-,20-19-,23-22-,26-25-. The number of allylic oxidation sites excluding steroid dienone is 14. The number of esters is 2. The Morgan fingerprint density at radius 2 is 1.02 bits per heavy atom. The van der Waals surface area contributed by atoms with Gasteiger partial charge >= 0.3 is 11.9 Å². The highest BCUT2D eigenvalue weighted by atomic mass is 16.6. The van der Waals surface area contributed by atoms with Crippen LogP contribution in [0.3, 0.4) is 0 Å². The highest BCUT2D eigenvalue weighted by Gasteiger charge is 2.15. The summed E-state index contributed by atoms with van der Waals surface area (Å²) >= 11 is 0. The molecule has 0 aliphatic carbocycles. The fourth-order valence-electron chi connectivity index (χ4n) is 3.77. The predicted octanol–water partition coefficient (Wildman–Crippen LogP) is 9.61. The number of carbonyl (C=O) groups excluding carboxylic acids is 2. The molecule has 0 saturated heterocycles. The van der Waals surface area contributed by atoms with Crippen LogP contribution >= 0.6 is 0 Å². The van der Waals surface area contributed by atoms with E-state index in [1.165, 1.54) is 6.42 Å². The molecular formula is C37H58O5. The van der Waals surface area contributed by atoms with Crippen LogP contribution in [0.2, 0.25) is 0 Å². The van der Waals surface area contributed by atoms with E-state index in [0.717, 1.165) is 77.0 Å². The van der Waals surface area contributed by atoms with Crippen molar-refractivity contribution in [2.75, 3.05) is 13.2 Å². The van der Waals surface area contributed by atoms with Crippen molar-refractivity contribution >= 4 is 11.9 Å². The van der Waals surface area contributed by atoms with Crippen molar-refractivity contribution in [1.82, 2.24) is 0 Å². The molecule has 0 aromatic heterocycles. The third-order valence-electron chi connectivity index (χ3n) is 6.20. The van der Waals surface area contributed by atoms with E-state index < -0.39 is 6.10 Å². The Bertz CT molecular complexity index is 844. The van der Waals surface area contributed by atoms with Crippen LogP contribution in [0.15, 0.2) is 85.1 Å². The summed E-state index contributed by atoms with van der Waals surface area (Å²) in [6.07, 6.45) is 43.9. The van der Waals surface area contributed by atoms with Crippen molar-refractivity contribution in [2.24, 2.45) is 0 Å². The molecule has 0 aliphatic heterocycles. The highest BCUT2D eigenvalue weighted by Crippen LogP contribution is 2.07. The van der Waals surface area contributed by atoms with Crippen molar-refractivity contribution in [3.8, 4) is 0 Å². The largest absolute Gasteiger partial charge is 0.462 e. The molecule has 236 valence electrons. The number of aliphatic hydroxyl groups is 1. The van der Waals surface area contributed by atoms with Gasteiger partial charge in [0.05, 0.1) is 6.61 Å². The summed E-state index contributed by atoms with van der Waals surface area (Å²) in [6, 6.07) is 0. The Hall–Kier alpha value is -2.92. The summed E-state index contributed by atoms with van der Waals surface area (Å²) < 4.78 is 10.4. The Balaban J connectivity index is 3.76. The maximum atomic E-state index is 12.0.